The summed E-state index contributed by atoms with van der Waals surface area (Å²) in [5.74, 6) is 0.782. The van der Waals surface area contributed by atoms with Crippen molar-refractivity contribution in [1.82, 2.24) is 0 Å². The van der Waals surface area contributed by atoms with Crippen molar-refractivity contribution >= 4 is 40.2 Å². The summed E-state index contributed by atoms with van der Waals surface area (Å²) in [6.45, 7) is 0.650. The monoisotopic (exact) mass is 400 g/mol. The van der Waals surface area contributed by atoms with Gasteiger partial charge in [-0.2, -0.15) is 13.2 Å². The first-order valence-corrected chi connectivity index (χ1v) is 8.31. The van der Waals surface area contributed by atoms with Crippen molar-refractivity contribution in [3.8, 4) is 5.75 Å². The normalized spacial score (nSPS) is 13.5. The SMILES string of the molecule is CC(F)(F)F.COc1ccc2c(c1)C(c1ccc(Cl)cc1)=NCC(=S)N2. The van der Waals surface area contributed by atoms with Crippen LogP contribution in [-0.2, 0) is 0 Å². The van der Waals surface area contributed by atoms with E-state index in [1.807, 2.05) is 42.5 Å². The van der Waals surface area contributed by atoms with E-state index in [1.165, 1.54) is 0 Å². The third-order valence-electron chi connectivity index (χ3n) is 3.25. The molecule has 8 heteroatoms. The van der Waals surface area contributed by atoms with Crippen LogP contribution in [0.5, 0.6) is 5.75 Å². The molecule has 0 aliphatic carbocycles. The number of hydrogen-bond donors (Lipinski definition) is 1. The van der Waals surface area contributed by atoms with E-state index in [-0.39, 0.29) is 6.92 Å². The fourth-order valence-corrected chi connectivity index (χ4v) is 2.54. The molecule has 3 nitrogen and oxygen atoms in total. The Morgan fingerprint density at radius 2 is 1.77 bits per heavy atom. The minimum absolute atomic E-state index is 0.188. The Labute approximate surface area is 159 Å². The topological polar surface area (TPSA) is 33.6 Å². The van der Waals surface area contributed by atoms with Gasteiger partial charge < -0.3 is 10.1 Å². The summed E-state index contributed by atoms with van der Waals surface area (Å²) in [5.41, 5.74) is 3.79. The quantitative estimate of drug-likeness (QED) is 0.675. The molecule has 1 N–H and O–H groups in total. The van der Waals surface area contributed by atoms with E-state index in [1.54, 1.807) is 7.11 Å². The molecular weight excluding hydrogens is 385 g/mol. The van der Waals surface area contributed by atoms with Crippen LogP contribution in [0.25, 0.3) is 0 Å². The summed E-state index contributed by atoms with van der Waals surface area (Å²) in [7, 11) is 1.65. The molecule has 0 saturated carbocycles. The average molecular weight is 401 g/mol. The van der Waals surface area contributed by atoms with Crippen molar-refractivity contribution in [3.05, 3.63) is 58.6 Å². The van der Waals surface area contributed by atoms with Crippen LogP contribution < -0.4 is 10.1 Å². The summed E-state index contributed by atoms with van der Waals surface area (Å²) < 4.78 is 36.4. The Kier molecular flexibility index (Phi) is 6.61. The number of alkyl halides is 3. The summed E-state index contributed by atoms with van der Waals surface area (Å²) in [6.07, 6.45) is -4.00. The molecule has 0 spiro atoms. The number of ether oxygens (including phenoxy) is 1. The second kappa shape index (κ2) is 8.51. The van der Waals surface area contributed by atoms with Gasteiger partial charge in [0.25, 0.3) is 0 Å². The van der Waals surface area contributed by atoms with Crippen molar-refractivity contribution in [3.63, 3.8) is 0 Å². The predicted octanol–water partition coefficient (Wildman–Crippen LogP) is 5.51. The number of anilines is 1. The number of methoxy groups -OCH3 is 1. The van der Waals surface area contributed by atoms with Crippen LogP contribution in [0.4, 0.5) is 18.9 Å². The van der Waals surface area contributed by atoms with Crippen LogP contribution in [0, 0.1) is 0 Å². The number of nitrogens with one attached hydrogen (secondary N) is 1. The predicted molar refractivity (Wildman–Crippen MR) is 103 cm³/mol. The number of aliphatic imine (C=N–C) groups is 1. The molecule has 3 rings (SSSR count). The summed E-state index contributed by atoms with van der Waals surface area (Å²) >= 11 is 11.2. The Morgan fingerprint density at radius 3 is 2.35 bits per heavy atom. The molecule has 138 valence electrons. The van der Waals surface area contributed by atoms with Gasteiger partial charge in [-0.15, -0.1) is 0 Å². The highest BCUT2D eigenvalue weighted by Crippen LogP contribution is 2.27. The number of benzodiazepines with no additional fused rings is 1. The molecule has 0 amide bonds. The van der Waals surface area contributed by atoms with Crippen molar-refractivity contribution in [1.29, 1.82) is 0 Å². The number of thiocarbonyl (C=S) groups is 1. The number of benzene rings is 2. The van der Waals surface area contributed by atoms with Gasteiger partial charge in [-0.05, 0) is 30.3 Å². The van der Waals surface area contributed by atoms with Gasteiger partial charge in [0, 0.05) is 28.8 Å². The minimum Gasteiger partial charge on any atom is -0.497 e. The first-order chi connectivity index (χ1) is 12.2. The lowest BCUT2D eigenvalue weighted by Gasteiger charge is -2.12. The zero-order valence-corrected chi connectivity index (χ0v) is 15.6. The largest absolute Gasteiger partial charge is 0.497 e. The van der Waals surface area contributed by atoms with E-state index < -0.39 is 6.18 Å². The van der Waals surface area contributed by atoms with E-state index in [0.717, 1.165) is 28.3 Å². The van der Waals surface area contributed by atoms with Crippen molar-refractivity contribution in [2.24, 2.45) is 4.99 Å². The van der Waals surface area contributed by atoms with E-state index in [9.17, 15) is 13.2 Å². The molecule has 0 atom stereocenters. The van der Waals surface area contributed by atoms with Crippen LogP contribution in [0.3, 0.4) is 0 Å². The molecule has 0 saturated heterocycles. The Morgan fingerprint density at radius 1 is 1.15 bits per heavy atom. The Bertz CT molecular complexity index is 814. The highest BCUT2D eigenvalue weighted by atomic mass is 35.5. The van der Waals surface area contributed by atoms with Crippen LogP contribution in [0.15, 0.2) is 47.5 Å². The molecule has 0 bridgehead atoms. The van der Waals surface area contributed by atoms with Gasteiger partial charge >= 0.3 is 6.18 Å². The zero-order chi connectivity index (χ0) is 19.3. The van der Waals surface area contributed by atoms with Gasteiger partial charge in [-0.25, -0.2) is 0 Å². The highest BCUT2D eigenvalue weighted by molar-refractivity contribution is 7.80. The molecule has 1 heterocycles. The maximum atomic E-state index is 10.4. The van der Waals surface area contributed by atoms with Crippen molar-refractivity contribution in [2.75, 3.05) is 19.0 Å². The second-order valence-electron chi connectivity index (χ2n) is 5.41. The summed E-state index contributed by atoms with van der Waals surface area (Å²) in [5, 5.41) is 3.92. The fourth-order valence-electron chi connectivity index (χ4n) is 2.24. The first kappa shape index (κ1) is 20.2. The maximum Gasteiger partial charge on any atom is 0.386 e. The van der Waals surface area contributed by atoms with Gasteiger partial charge in [0.05, 0.1) is 19.4 Å². The molecule has 1 aliphatic heterocycles. The summed E-state index contributed by atoms with van der Waals surface area (Å²) in [6, 6.07) is 13.4. The van der Waals surface area contributed by atoms with E-state index in [0.29, 0.717) is 16.6 Å². The van der Waals surface area contributed by atoms with E-state index in [2.05, 4.69) is 10.3 Å². The molecule has 0 fully saturated rings. The first-order valence-electron chi connectivity index (χ1n) is 7.53. The van der Waals surface area contributed by atoms with E-state index >= 15 is 0 Å². The molecule has 0 radical (unpaired) electrons. The highest BCUT2D eigenvalue weighted by Gasteiger charge is 2.17. The lowest BCUT2D eigenvalue weighted by Crippen LogP contribution is -2.10. The van der Waals surface area contributed by atoms with Crippen LogP contribution in [0.1, 0.15) is 18.1 Å². The second-order valence-corrected chi connectivity index (χ2v) is 6.34. The van der Waals surface area contributed by atoms with Crippen molar-refractivity contribution < 1.29 is 17.9 Å². The third-order valence-corrected chi connectivity index (χ3v) is 3.74. The number of fused-ring (bicyclic) bond motifs is 1. The minimum atomic E-state index is -4.00. The lowest BCUT2D eigenvalue weighted by atomic mass is 10.0. The van der Waals surface area contributed by atoms with Gasteiger partial charge in [-0.1, -0.05) is 36.0 Å². The van der Waals surface area contributed by atoms with Gasteiger partial charge in [-0.3, -0.25) is 4.99 Å². The molecule has 0 unspecified atom stereocenters. The number of rotatable bonds is 2. The van der Waals surface area contributed by atoms with E-state index in [4.69, 9.17) is 28.6 Å². The van der Waals surface area contributed by atoms with Crippen LogP contribution >= 0.6 is 23.8 Å². The fraction of sp³-hybridized carbons (Fsp3) is 0.222. The molecule has 0 aromatic heterocycles. The van der Waals surface area contributed by atoms with Crippen LogP contribution in [0.2, 0.25) is 5.02 Å². The maximum absolute atomic E-state index is 10.4. The van der Waals surface area contributed by atoms with Gasteiger partial charge in [0.2, 0.25) is 0 Å². The molecule has 2 aromatic carbocycles. The molecule has 2 aromatic rings. The standard InChI is InChI=1S/C16H13ClN2OS.C2H3F3/c1-20-12-6-7-14-13(8-12)16(18-9-15(21)19-14)10-2-4-11(17)5-3-10;1-2(3,4)5/h2-8H,9H2,1H3,(H,19,21);1H3. The molecule has 1 aliphatic rings. The zero-order valence-electron chi connectivity index (χ0n) is 14.0. The number of nitrogens with zero attached hydrogens (tertiary/aromatic N) is 1. The smallest absolute Gasteiger partial charge is 0.386 e. The lowest BCUT2D eigenvalue weighted by molar-refractivity contribution is -0.110. The van der Waals surface area contributed by atoms with Gasteiger partial charge in [0.15, 0.2) is 0 Å². The number of hydrogen-bond acceptors (Lipinski definition) is 3. The van der Waals surface area contributed by atoms with Crippen molar-refractivity contribution in [2.45, 2.75) is 13.1 Å². The summed E-state index contributed by atoms with van der Waals surface area (Å²) in [4.78, 5) is 5.33. The molecular formula is C18H16ClF3N2OS. The Balaban J connectivity index is 0.000000431. The van der Waals surface area contributed by atoms with Gasteiger partial charge in [0.1, 0.15) is 10.7 Å². The third kappa shape index (κ3) is 6.00. The Hall–Kier alpha value is -2.12. The average Bonchev–Trinajstić information content (AvgIpc) is 2.72. The number of halogens is 4. The van der Waals surface area contributed by atoms with Crippen LogP contribution in [-0.4, -0.2) is 30.5 Å². The molecule has 26 heavy (non-hydrogen) atoms.